The van der Waals surface area contributed by atoms with Crippen molar-refractivity contribution in [2.45, 2.75) is 6.04 Å². The Kier molecular flexibility index (Phi) is 6.74. The molecular formula is C22H20ClNO3S. The third kappa shape index (κ3) is 4.74. The smallest absolute Gasteiger partial charge is 0.244 e. The molecule has 0 fully saturated rings. The molecule has 0 saturated carbocycles. The molecule has 1 aromatic heterocycles. The molecule has 1 heterocycles. The summed E-state index contributed by atoms with van der Waals surface area (Å²) in [7, 11) is 3.07. The Bertz CT molecular complexity index is 955. The molecule has 1 amide bonds. The van der Waals surface area contributed by atoms with Crippen LogP contribution in [0.25, 0.3) is 6.08 Å². The van der Waals surface area contributed by atoms with Crippen molar-refractivity contribution in [3.05, 3.63) is 87.1 Å². The van der Waals surface area contributed by atoms with Crippen LogP contribution in [0.3, 0.4) is 0 Å². The zero-order valence-corrected chi connectivity index (χ0v) is 17.1. The van der Waals surface area contributed by atoms with Gasteiger partial charge in [0.05, 0.1) is 25.3 Å². The first-order valence-electron chi connectivity index (χ1n) is 8.61. The molecule has 144 valence electrons. The summed E-state index contributed by atoms with van der Waals surface area (Å²) >= 11 is 7.83. The number of nitrogens with one attached hydrogen (secondary N) is 1. The molecule has 0 aliphatic carbocycles. The van der Waals surface area contributed by atoms with E-state index in [9.17, 15) is 4.79 Å². The second-order valence-corrected chi connectivity index (χ2v) is 7.33. The maximum Gasteiger partial charge on any atom is 0.244 e. The van der Waals surface area contributed by atoms with E-state index in [-0.39, 0.29) is 11.9 Å². The monoisotopic (exact) mass is 413 g/mol. The molecule has 2 aromatic carbocycles. The Morgan fingerprint density at radius 3 is 2.54 bits per heavy atom. The molecule has 0 bridgehead atoms. The van der Waals surface area contributed by atoms with Gasteiger partial charge in [-0.25, -0.2) is 0 Å². The van der Waals surface area contributed by atoms with E-state index in [0.29, 0.717) is 16.5 Å². The predicted octanol–water partition coefficient (Wildman–Crippen LogP) is 5.34. The topological polar surface area (TPSA) is 47.6 Å². The van der Waals surface area contributed by atoms with E-state index in [4.69, 9.17) is 21.1 Å². The highest BCUT2D eigenvalue weighted by atomic mass is 35.5. The molecule has 0 spiro atoms. The summed E-state index contributed by atoms with van der Waals surface area (Å²) in [5.41, 5.74) is 1.77. The van der Waals surface area contributed by atoms with Gasteiger partial charge in [-0.2, -0.15) is 0 Å². The van der Waals surface area contributed by atoms with Crippen molar-refractivity contribution in [1.29, 1.82) is 0 Å². The number of carbonyl (C=O) groups excluding carboxylic acids is 1. The first-order valence-corrected chi connectivity index (χ1v) is 9.86. The molecule has 1 unspecified atom stereocenters. The van der Waals surface area contributed by atoms with Gasteiger partial charge in [-0.1, -0.05) is 48.0 Å². The number of amides is 1. The first kappa shape index (κ1) is 20.0. The largest absolute Gasteiger partial charge is 0.493 e. The molecule has 0 aliphatic rings. The number of halogens is 1. The van der Waals surface area contributed by atoms with Crippen LogP contribution in [0.1, 0.15) is 22.0 Å². The van der Waals surface area contributed by atoms with Crippen LogP contribution in [0.2, 0.25) is 5.02 Å². The minimum Gasteiger partial charge on any atom is -0.493 e. The van der Waals surface area contributed by atoms with E-state index in [1.807, 2.05) is 47.8 Å². The normalized spacial score (nSPS) is 12.0. The van der Waals surface area contributed by atoms with E-state index in [0.717, 1.165) is 16.0 Å². The highest BCUT2D eigenvalue weighted by molar-refractivity contribution is 7.10. The van der Waals surface area contributed by atoms with Crippen LogP contribution in [0.4, 0.5) is 0 Å². The summed E-state index contributed by atoms with van der Waals surface area (Å²) in [4.78, 5) is 13.6. The fourth-order valence-electron chi connectivity index (χ4n) is 2.82. The van der Waals surface area contributed by atoms with E-state index in [2.05, 4.69) is 5.32 Å². The molecule has 0 saturated heterocycles. The summed E-state index contributed by atoms with van der Waals surface area (Å²) in [5.74, 6) is 0.775. The number of carbonyl (C=O) groups is 1. The maximum atomic E-state index is 12.6. The van der Waals surface area contributed by atoms with Crippen molar-refractivity contribution in [2.24, 2.45) is 0 Å². The van der Waals surface area contributed by atoms with Gasteiger partial charge in [0.25, 0.3) is 0 Å². The van der Waals surface area contributed by atoms with E-state index < -0.39 is 0 Å². The molecular weight excluding hydrogens is 394 g/mol. The van der Waals surface area contributed by atoms with Gasteiger partial charge >= 0.3 is 0 Å². The molecule has 3 aromatic rings. The lowest BCUT2D eigenvalue weighted by Crippen LogP contribution is -2.27. The lowest BCUT2D eigenvalue weighted by Gasteiger charge is -2.17. The number of methoxy groups -OCH3 is 2. The second-order valence-electron chi connectivity index (χ2n) is 5.94. The minimum atomic E-state index is -0.202. The predicted molar refractivity (Wildman–Crippen MR) is 114 cm³/mol. The minimum absolute atomic E-state index is 0.201. The molecule has 4 nitrogen and oxygen atoms in total. The number of rotatable bonds is 7. The van der Waals surface area contributed by atoms with Crippen molar-refractivity contribution in [3.63, 3.8) is 0 Å². The Labute approximate surface area is 173 Å². The van der Waals surface area contributed by atoms with Gasteiger partial charge < -0.3 is 14.8 Å². The van der Waals surface area contributed by atoms with Gasteiger partial charge in [0.15, 0.2) is 11.5 Å². The number of hydrogen-bond donors (Lipinski definition) is 1. The fraction of sp³-hybridized carbons (Fsp3) is 0.136. The first-order chi connectivity index (χ1) is 13.6. The summed E-state index contributed by atoms with van der Waals surface area (Å²) in [6.45, 7) is 0. The lowest BCUT2D eigenvalue weighted by molar-refractivity contribution is -0.116. The van der Waals surface area contributed by atoms with Gasteiger partial charge in [-0.05, 0) is 40.8 Å². The van der Waals surface area contributed by atoms with Crippen LogP contribution in [0.5, 0.6) is 11.5 Å². The summed E-state index contributed by atoms with van der Waals surface area (Å²) in [5, 5.41) is 5.49. The van der Waals surface area contributed by atoms with Crippen molar-refractivity contribution < 1.29 is 14.3 Å². The van der Waals surface area contributed by atoms with Crippen LogP contribution in [-0.2, 0) is 4.79 Å². The third-order valence-electron chi connectivity index (χ3n) is 4.13. The molecule has 28 heavy (non-hydrogen) atoms. The quantitative estimate of drug-likeness (QED) is 0.532. The van der Waals surface area contributed by atoms with E-state index in [1.54, 1.807) is 36.7 Å². The summed E-state index contributed by atoms with van der Waals surface area (Å²) in [6.07, 6.45) is 3.18. The molecule has 3 rings (SSSR count). The Morgan fingerprint density at radius 1 is 1.11 bits per heavy atom. The van der Waals surface area contributed by atoms with Crippen LogP contribution < -0.4 is 14.8 Å². The fourth-order valence-corrected chi connectivity index (χ4v) is 3.91. The van der Waals surface area contributed by atoms with Crippen LogP contribution >= 0.6 is 22.9 Å². The average Bonchev–Trinajstić information content (AvgIpc) is 3.25. The SMILES string of the molecule is COc1cc(/C=C/C(=O)NC(c2ccccc2)c2cccs2)cc(Cl)c1OC. The highest BCUT2D eigenvalue weighted by Gasteiger charge is 2.16. The zero-order valence-electron chi connectivity index (χ0n) is 15.5. The average molecular weight is 414 g/mol. The number of thiophene rings is 1. The molecule has 1 atom stereocenters. The van der Waals surface area contributed by atoms with Gasteiger partial charge in [0.1, 0.15) is 0 Å². The number of benzene rings is 2. The van der Waals surface area contributed by atoms with E-state index in [1.165, 1.54) is 13.2 Å². The van der Waals surface area contributed by atoms with Gasteiger partial charge in [0, 0.05) is 11.0 Å². The van der Waals surface area contributed by atoms with Gasteiger partial charge in [-0.15, -0.1) is 11.3 Å². The Balaban J connectivity index is 1.79. The molecule has 0 radical (unpaired) electrons. The number of ether oxygens (including phenoxy) is 2. The Morgan fingerprint density at radius 2 is 1.89 bits per heavy atom. The van der Waals surface area contributed by atoms with Crippen LogP contribution in [0, 0.1) is 0 Å². The van der Waals surface area contributed by atoms with Crippen molar-refractivity contribution >= 4 is 34.9 Å². The number of hydrogen-bond acceptors (Lipinski definition) is 4. The third-order valence-corrected chi connectivity index (χ3v) is 5.35. The highest BCUT2D eigenvalue weighted by Crippen LogP contribution is 2.36. The standard InChI is InChI=1S/C22H20ClNO3S/c1-26-18-14-15(13-17(23)22(18)27-2)10-11-20(25)24-21(19-9-6-12-28-19)16-7-4-3-5-8-16/h3-14,21H,1-2H3,(H,24,25)/b11-10+. The summed E-state index contributed by atoms with van der Waals surface area (Å²) < 4.78 is 10.5. The van der Waals surface area contributed by atoms with Crippen molar-refractivity contribution in [2.75, 3.05) is 14.2 Å². The molecule has 1 N–H and O–H groups in total. The zero-order chi connectivity index (χ0) is 19.9. The Hall–Kier alpha value is -2.76. The van der Waals surface area contributed by atoms with Gasteiger partial charge in [-0.3, -0.25) is 4.79 Å². The van der Waals surface area contributed by atoms with E-state index >= 15 is 0 Å². The van der Waals surface area contributed by atoms with Gasteiger partial charge in [0.2, 0.25) is 5.91 Å². The van der Waals surface area contributed by atoms with Crippen LogP contribution in [-0.4, -0.2) is 20.1 Å². The molecule has 6 heteroatoms. The van der Waals surface area contributed by atoms with Crippen molar-refractivity contribution in [3.8, 4) is 11.5 Å². The lowest BCUT2D eigenvalue weighted by atomic mass is 10.1. The van der Waals surface area contributed by atoms with Crippen LogP contribution in [0.15, 0.2) is 66.1 Å². The second kappa shape index (κ2) is 9.44. The maximum absolute atomic E-state index is 12.6. The molecule has 0 aliphatic heterocycles. The van der Waals surface area contributed by atoms with Crippen molar-refractivity contribution in [1.82, 2.24) is 5.32 Å². The summed E-state index contributed by atoms with van der Waals surface area (Å²) in [6, 6.07) is 17.2.